The molecule has 0 aliphatic rings. The average Bonchev–Trinajstić information content (AvgIpc) is 2.71. The molecule has 0 spiro atoms. The van der Waals surface area contributed by atoms with E-state index in [1.165, 1.54) is 18.5 Å². The summed E-state index contributed by atoms with van der Waals surface area (Å²) in [7, 11) is 0. The fourth-order valence-electron chi connectivity index (χ4n) is 0.861. The van der Waals surface area contributed by atoms with Gasteiger partial charge in [0.05, 0.1) is 5.69 Å². The van der Waals surface area contributed by atoms with Crippen LogP contribution in [0.4, 0.5) is 5.00 Å². The molecular formula is C13H26N2OS. The Kier molecular flexibility index (Phi) is 9.95. The van der Waals surface area contributed by atoms with Crippen molar-refractivity contribution in [2.75, 3.05) is 5.32 Å². The van der Waals surface area contributed by atoms with Crippen LogP contribution in [0.15, 0.2) is 6.07 Å². The smallest absolute Gasteiger partial charge is 0.221 e. The molecule has 17 heavy (non-hydrogen) atoms. The van der Waals surface area contributed by atoms with Gasteiger partial charge in [-0.2, -0.15) is 4.37 Å². The van der Waals surface area contributed by atoms with Crippen LogP contribution >= 0.6 is 11.5 Å². The summed E-state index contributed by atoms with van der Waals surface area (Å²) in [5.74, 6) is -0.0518. The maximum Gasteiger partial charge on any atom is 0.221 e. The third-order valence-corrected chi connectivity index (χ3v) is 2.28. The van der Waals surface area contributed by atoms with Crippen molar-refractivity contribution in [3.63, 3.8) is 0 Å². The Hall–Kier alpha value is -0.900. The Labute approximate surface area is 110 Å². The van der Waals surface area contributed by atoms with E-state index in [1.54, 1.807) is 0 Å². The lowest BCUT2D eigenvalue weighted by Crippen LogP contribution is -2.11. The van der Waals surface area contributed by atoms with Gasteiger partial charge in [0.1, 0.15) is 5.00 Å². The van der Waals surface area contributed by atoms with Crippen molar-refractivity contribution in [2.24, 2.45) is 0 Å². The number of carbonyl (C=O) groups excluding carboxylic acids is 1. The predicted octanol–water partition coefficient (Wildman–Crippen LogP) is 4.45. The van der Waals surface area contributed by atoms with Gasteiger partial charge in [-0.3, -0.25) is 4.79 Å². The molecule has 4 heteroatoms. The standard InChI is InChI=1S/C9H14N2OS.2C2H6/c1-6(12)10-8-5-7(11-13-8)9(2,3)4;2*1-2/h5H,1-4H3,(H,10,12);2*1-2H3. The quantitative estimate of drug-likeness (QED) is 0.808. The van der Waals surface area contributed by atoms with Crippen LogP contribution in [-0.2, 0) is 10.2 Å². The minimum Gasteiger partial charge on any atom is -0.317 e. The average molecular weight is 258 g/mol. The topological polar surface area (TPSA) is 42.0 Å². The van der Waals surface area contributed by atoms with Crippen LogP contribution in [-0.4, -0.2) is 10.3 Å². The third-order valence-electron chi connectivity index (χ3n) is 1.58. The number of hydrogen-bond donors (Lipinski definition) is 1. The van der Waals surface area contributed by atoms with Gasteiger partial charge in [-0.1, -0.05) is 48.5 Å². The van der Waals surface area contributed by atoms with Gasteiger partial charge in [-0.15, -0.1) is 0 Å². The zero-order chi connectivity index (χ0) is 14.1. The van der Waals surface area contributed by atoms with Gasteiger partial charge >= 0.3 is 0 Å². The molecule has 0 aliphatic carbocycles. The zero-order valence-corrected chi connectivity index (χ0v) is 13.2. The molecule has 1 N–H and O–H groups in total. The minimum atomic E-state index is -0.0518. The summed E-state index contributed by atoms with van der Waals surface area (Å²) in [5.41, 5.74) is 1.06. The fraction of sp³-hybridized carbons (Fsp3) is 0.692. The maximum atomic E-state index is 10.7. The van der Waals surface area contributed by atoms with Gasteiger partial charge < -0.3 is 5.32 Å². The van der Waals surface area contributed by atoms with Gasteiger partial charge in [-0.25, -0.2) is 0 Å². The Balaban J connectivity index is 0. The van der Waals surface area contributed by atoms with Crippen molar-refractivity contribution >= 4 is 22.4 Å². The van der Waals surface area contributed by atoms with E-state index in [0.29, 0.717) is 0 Å². The maximum absolute atomic E-state index is 10.7. The molecule has 0 unspecified atom stereocenters. The Morgan fingerprint density at radius 3 is 2.00 bits per heavy atom. The molecule has 100 valence electrons. The van der Waals surface area contributed by atoms with Crippen LogP contribution in [0.2, 0.25) is 0 Å². The largest absolute Gasteiger partial charge is 0.317 e. The molecule has 0 radical (unpaired) electrons. The Morgan fingerprint density at radius 1 is 1.24 bits per heavy atom. The molecule has 0 fully saturated rings. The van der Waals surface area contributed by atoms with E-state index in [4.69, 9.17) is 0 Å². The summed E-state index contributed by atoms with van der Waals surface area (Å²) in [6, 6.07) is 1.92. The molecule has 0 saturated carbocycles. The number of nitrogens with zero attached hydrogens (tertiary/aromatic N) is 1. The molecule has 0 saturated heterocycles. The van der Waals surface area contributed by atoms with Crippen molar-refractivity contribution in [3.8, 4) is 0 Å². The molecule has 0 bridgehead atoms. The highest BCUT2D eigenvalue weighted by Gasteiger charge is 2.17. The van der Waals surface area contributed by atoms with Crippen LogP contribution in [0.25, 0.3) is 0 Å². The van der Waals surface area contributed by atoms with Gasteiger partial charge in [0.15, 0.2) is 0 Å². The number of hydrogen-bond acceptors (Lipinski definition) is 3. The molecule has 0 aromatic carbocycles. The van der Waals surface area contributed by atoms with E-state index in [0.717, 1.165) is 10.7 Å². The lowest BCUT2D eigenvalue weighted by molar-refractivity contribution is -0.114. The number of anilines is 1. The molecule has 1 aromatic rings. The number of aromatic nitrogens is 1. The normalized spacial score (nSPS) is 9.41. The zero-order valence-electron chi connectivity index (χ0n) is 12.3. The van der Waals surface area contributed by atoms with E-state index in [9.17, 15) is 4.79 Å². The highest BCUT2D eigenvalue weighted by molar-refractivity contribution is 7.10. The summed E-state index contributed by atoms with van der Waals surface area (Å²) in [6.45, 7) is 15.8. The summed E-state index contributed by atoms with van der Waals surface area (Å²) < 4.78 is 4.27. The highest BCUT2D eigenvalue weighted by Crippen LogP contribution is 2.26. The Morgan fingerprint density at radius 2 is 1.71 bits per heavy atom. The van der Waals surface area contributed by atoms with Gasteiger partial charge in [0, 0.05) is 12.3 Å². The van der Waals surface area contributed by atoms with Crippen molar-refractivity contribution in [1.29, 1.82) is 0 Å². The SMILES string of the molecule is CC.CC.CC(=O)Nc1cc(C(C)(C)C)ns1. The van der Waals surface area contributed by atoms with E-state index in [2.05, 4.69) is 30.5 Å². The van der Waals surface area contributed by atoms with Gasteiger partial charge in [-0.05, 0) is 17.6 Å². The molecule has 1 heterocycles. The number of amides is 1. The van der Waals surface area contributed by atoms with E-state index < -0.39 is 0 Å². The van der Waals surface area contributed by atoms with Crippen LogP contribution in [0.5, 0.6) is 0 Å². The second-order valence-corrected chi connectivity index (χ2v) is 4.81. The van der Waals surface area contributed by atoms with Crippen LogP contribution in [0.1, 0.15) is 61.1 Å². The molecule has 1 rings (SSSR count). The minimum absolute atomic E-state index is 0.0488. The van der Waals surface area contributed by atoms with Crippen molar-refractivity contribution in [2.45, 2.75) is 60.8 Å². The first-order valence-electron chi connectivity index (χ1n) is 6.14. The van der Waals surface area contributed by atoms with Crippen LogP contribution in [0.3, 0.4) is 0 Å². The molecule has 1 aromatic heterocycles. The first kappa shape index (κ1) is 18.5. The van der Waals surface area contributed by atoms with Crippen LogP contribution in [0, 0.1) is 0 Å². The van der Waals surface area contributed by atoms with Crippen molar-refractivity contribution in [3.05, 3.63) is 11.8 Å². The fourth-order valence-corrected chi connectivity index (χ4v) is 1.74. The van der Waals surface area contributed by atoms with Crippen molar-refractivity contribution in [1.82, 2.24) is 4.37 Å². The number of rotatable bonds is 1. The third kappa shape index (κ3) is 7.91. The molecule has 1 amide bonds. The van der Waals surface area contributed by atoms with Gasteiger partial charge in [0.25, 0.3) is 0 Å². The summed E-state index contributed by atoms with van der Waals surface area (Å²) >= 11 is 1.32. The number of carbonyl (C=O) groups is 1. The first-order chi connectivity index (χ1) is 7.89. The van der Waals surface area contributed by atoms with Gasteiger partial charge in [0.2, 0.25) is 5.91 Å². The highest BCUT2D eigenvalue weighted by atomic mass is 32.1. The second-order valence-electron chi connectivity index (χ2n) is 4.01. The molecule has 0 aliphatic heterocycles. The second kappa shape index (κ2) is 9.16. The van der Waals surface area contributed by atoms with E-state index >= 15 is 0 Å². The van der Waals surface area contributed by atoms with E-state index in [1.807, 2.05) is 33.8 Å². The van der Waals surface area contributed by atoms with E-state index in [-0.39, 0.29) is 11.3 Å². The molecular weight excluding hydrogens is 232 g/mol. The monoisotopic (exact) mass is 258 g/mol. The summed E-state index contributed by atoms with van der Waals surface area (Å²) in [5, 5.41) is 3.53. The first-order valence-corrected chi connectivity index (χ1v) is 6.92. The molecule has 3 nitrogen and oxygen atoms in total. The number of nitrogens with one attached hydrogen (secondary N) is 1. The lowest BCUT2D eigenvalue weighted by Gasteiger charge is -2.13. The molecule has 0 atom stereocenters. The lowest BCUT2D eigenvalue weighted by atomic mass is 9.92. The summed E-state index contributed by atoms with van der Waals surface area (Å²) in [6.07, 6.45) is 0. The Bertz CT molecular complexity index is 313. The van der Waals surface area contributed by atoms with Crippen molar-refractivity contribution < 1.29 is 4.79 Å². The summed E-state index contributed by atoms with van der Waals surface area (Å²) in [4.78, 5) is 10.7. The van der Waals surface area contributed by atoms with Crippen LogP contribution < -0.4 is 5.32 Å². The predicted molar refractivity (Wildman–Crippen MR) is 77.8 cm³/mol.